The Kier molecular flexibility index (Phi) is 6.62. The lowest BCUT2D eigenvalue weighted by Gasteiger charge is -2.33. The predicted octanol–water partition coefficient (Wildman–Crippen LogP) is 2.40. The van der Waals surface area contributed by atoms with Gasteiger partial charge in [-0.05, 0) is 37.3 Å². The van der Waals surface area contributed by atoms with Gasteiger partial charge in [0.05, 0.1) is 39.3 Å². The average molecular weight is 425 g/mol. The molecule has 7 heteroatoms. The number of methoxy groups -OCH3 is 1. The second kappa shape index (κ2) is 9.55. The van der Waals surface area contributed by atoms with Crippen LogP contribution in [0.2, 0.25) is 0 Å². The van der Waals surface area contributed by atoms with Gasteiger partial charge in [0.25, 0.3) is 0 Å². The van der Waals surface area contributed by atoms with Crippen LogP contribution < -0.4 is 9.80 Å². The van der Waals surface area contributed by atoms with Crippen LogP contribution in [0.25, 0.3) is 11.4 Å². The van der Waals surface area contributed by atoms with Crippen LogP contribution in [0.3, 0.4) is 0 Å². The van der Waals surface area contributed by atoms with Gasteiger partial charge in [-0.2, -0.15) is 4.68 Å². The molecule has 0 radical (unpaired) electrons. The molecule has 1 aliphatic rings. The van der Waals surface area contributed by atoms with E-state index in [0.717, 1.165) is 49.0 Å². The zero-order chi connectivity index (χ0) is 20.9. The summed E-state index contributed by atoms with van der Waals surface area (Å²) in [5, 5.41) is 4.93. The molecule has 0 aliphatic carbocycles. The van der Waals surface area contributed by atoms with Crippen LogP contribution in [0.1, 0.15) is 5.56 Å². The van der Waals surface area contributed by atoms with Crippen molar-refractivity contribution in [2.75, 3.05) is 44.8 Å². The number of anilines is 1. The molecule has 1 aliphatic heterocycles. The maximum atomic E-state index is 5.81. The van der Waals surface area contributed by atoms with Crippen molar-refractivity contribution in [3.8, 4) is 11.4 Å². The summed E-state index contributed by atoms with van der Waals surface area (Å²) in [6.07, 6.45) is 0. The number of aromatic nitrogens is 3. The molecule has 0 amide bonds. The molecule has 30 heavy (non-hydrogen) atoms. The molecular formula is C23H30N5OS+. The van der Waals surface area contributed by atoms with Crippen LogP contribution in [0.15, 0.2) is 54.6 Å². The van der Waals surface area contributed by atoms with Gasteiger partial charge >= 0.3 is 0 Å². The second-order valence-electron chi connectivity index (χ2n) is 7.85. The number of hydrogen-bond acceptors (Lipinski definition) is 4. The minimum atomic E-state index is 0.613. The molecule has 0 bridgehead atoms. The van der Waals surface area contributed by atoms with Gasteiger partial charge in [-0.25, -0.2) is 0 Å². The maximum absolute atomic E-state index is 5.81. The Labute approximate surface area is 183 Å². The third-order valence-corrected chi connectivity index (χ3v) is 6.11. The number of para-hydroxylation sites is 1. The number of piperazine rings is 1. The summed E-state index contributed by atoms with van der Waals surface area (Å²) < 4.78 is 10.2. The van der Waals surface area contributed by atoms with Gasteiger partial charge in [0.1, 0.15) is 0 Å². The predicted molar refractivity (Wildman–Crippen MR) is 122 cm³/mol. The van der Waals surface area contributed by atoms with E-state index in [4.69, 9.17) is 22.1 Å². The lowest BCUT2D eigenvalue weighted by molar-refractivity contribution is -0.924. The van der Waals surface area contributed by atoms with Crippen molar-refractivity contribution in [1.82, 2.24) is 14.3 Å². The molecule has 158 valence electrons. The summed E-state index contributed by atoms with van der Waals surface area (Å²) in [4.78, 5) is 3.96. The number of nitrogens with one attached hydrogen (secondary N) is 1. The van der Waals surface area contributed by atoms with Crippen LogP contribution in [-0.2, 0) is 18.0 Å². The Morgan fingerprint density at radius 2 is 1.83 bits per heavy atom. The topological polar surface area (TPSA) is 39.7 Å². The summed E-state index contributed by atoms with van der Waals surface area (Å²) in [6.45, 7) is 8.44. The van der Waals surface area contributed by atoms with E-state index in [0.29, 0.717) is 13.2 Å². The normalized spacial score (nSPS) is 14.9. The number of rotatable bonds is 7. The number of quaternary nitrogens is 1. The number of hydrogen-bond donors (Lipinski definition) is 1. The summed E-state index contributed by atoms with van der Waals surface area (Å²) in [7, 11) is 1.72. The van der Waals surface area contributed by atoms with Gasteiger partial charge in [0.2, 0.25) is 4.77 Å². The standard InChI is InChI=1S/C23H29N5OS/c1-19-7-6-8-20(17-19)22-24-28(23(30)27(22)15-16-29-2)18-25-11-13-26(14-12-25)21-9-4-3-5-10-21/h3-10,17H,11-16,18H2,1-2H3/p+1. The molecule has 4 rings (SSSR count). The highest BCUT2D eigenvalue weighted by molar-refractivity contribution is 7.71. The van der Waals surface area contributed by atoms with Crippen molar-refractivity contribution < 1.29 is 9.64 Å². The highest BCUT2D eigenvalue weighted by atomic mass is 32.1. The summed E-state index contributed by atoms with van der Waals surface area (Å²) in [6, 6.07) is 19.1. The molecular weight excluding hydrogens is 394 g/mol. The smallest absolute Gasteiger partial charge is 0.203 e. The Bertz CT molecular complexity index is 1020. The van der Waals surface area contributed by atoms with E-state index in [2.05, 4.69) is 71.0 Å². The van der Waals surface area contributed by atoms with Gasteiger partial charge in [-0.1, -0.05) is 42.0 Å². The number of aryl methyl sites for hydroxylation is 1. The second-order valence-corrected chi connectivity index (χ2v) is 8.22. The summed E-state index contributed by atoms with van der Waals surface area (Å²) in [5.41, 5.74) is 3.62. The van der Waals surface area contributed by atoms with E-state index in [1.54, 1.807) is 7.11 Å². The van der Waals surface area contributed by atoms with E-state index >= 15 is 0 Å². The Hall–Kier alpha value is -2.48. The van der Waals surface area contributed by atoms with Crippen molar-refractivity contribution >= 4 is 17.9 Å². The molecule has 1 aromatic heterocycles. The largest absolute Gasteiger partial charge is 0.383 e. The van der Waals surface area contributed by atoms with Gasteiger partial charge in [0.15, 0.2) is 12.5 Å². The number of ether oxygens (including phenoxy) is 1. The summed E-state index contributed by atoms with van der Waals surface area (Å²) >= 11 is 5.81. The first-order chi connectivity index (χ1) is 14.7. The van der Waals surface area contributed by atoms with Crippen LogP contribution in [0.5, 0.6) is 0 Å². The molecule has 0 spiro atoms. The molecule has 1 saturated heterocycles. The first-order valence-corrected chi connectivity index (χ1v) is 10.9. The molecule has 2 heterocycles. The van der Waals surface area contributed by atoms with E-state index in [1.165, 1.54) is 16.2 Å². The highest BCUT2D eigenvalue weighted by Crippen LogP contribution is 2.19. The third kappa shape index (κ3) is 4.64. The highest BCUT2D eigenvalue weighted by Gasteiger charge is 2.22. The third-order valence-electron chi connectivity index (χ3n) is 5.68. The minimum Gasteiger partial charge on any atom is -0.383 e. The van der Waals surface area contributed by atoms with Crippen LogP contribution in [-0.4, -0.2) is 54.2 Å². The van der Waals surface area contributed by atoms with Crippen molar-refractivity contribution in [2.24, 2.45) is 0 Å². The Balaban J connectivity index is 1.51. The lowest BCUT2D eigenvalue weighted by Crippen LogP contribution is -3.14. The lowest BCUT2D eigenvalue weighted by atomic mass is 10.1. The molecule has 3 aromatic rings. The molecule has 0 atom stereocenters. The van der Waals surface area contributed by atoms with Crippen molar-refractivity contribution in [2.45, 2.75) is 20.1 Å². The van der Waals surface area contributed by atoms with Gasteiger partial charge in [0, 0.05) is 18.4 Å². The fraction of sp³-hybridized carbons (Fsp3) is 0.391. The monoisotopic (exact) mass is 424 g/mol. The molecule has 0 unspecified atom stereocenters. The Morgan fingerprint density at radius 3 is 2.53 bits per heavy atom. The Morgan fingerprint density at radius 1 is 1.07 bits per heavy atom. The fourth-order valence-corrected chi connectivity index (χ4v) is 4.30. The molecule has 2 aromatic carbocycles. The number of benzene rings is 2. The fourth-order valence-electron chi connectivity index (χ4n) is 4.02. The molecule has 1 fully saturated rings. The maximum Gasteiger partial charge on any atom is 0.203 e. The van der Waals surface area contributed by atoms with E-state index in [9.17, 15) is 0 Å². The van der Waals surface area contributed by atoms with Gasteiger partial charge < -0.3 is 14.5 Å². The molecule has 1 N–H and O–H groups in total. The van der Waals surface area contributed by atoms with E-state index < -0.39 is 0 Å². The quantitative estimate of drug-likeness (QED) is 0.592. The molecule has 0 saturated carbocycles. The van der Waals surface area contributed by atoms with Crippen LogP contribution in [0.4, 0.5) is 5.69 Å². The zero-order valence-corrected chi connectivity index (χ0v) is 18.6. The zero-order valence-electron chi connectivity index (χ0n) is 17.8. The van der Waals surface area contributed by atoms with Crippen molar-refractivity contribution in [1.29, 1.82) is 0 Å². The van der Waals surface area contributed by atoms with E-state index in [-0.39, 0.29) is 0 Å². The van der Waals surface area contributed by atoms with Crippen molar-refractivity contribution in [3.05, 3.63) is 64.9 Å². The van der Waals surface area contributed by atoms with Crippen LogP contribution >= 0.6 is 12.2 Å². The average Bonchev–Trinajstić information content (AvgIpc) is 3.08. The first-order valence-electron chi connectivity index (χ1n) is 10.5. The van der Waals surface area contributed by atoms with E-state index in [1.807, 2.05) is 4.68 Å². The van der Waals surface area contributed by atoms with Gasteiger partial charge in [-0.15, -0.1) is 5.10 Å². The van der Waals surface area contributed by atoms with Crippen molar-refractivity contribution in [3.63, 3.8) is 0 Å². The minimum absolute atomic E-state index is 0.613. The first kappa shape index (κ1) is 20.8. The SMILES string of the molecule is COCCn1c(-c2cccc(C)c2)nn(C[NH+]2CCN(c3ccccc3)CC2)c1=S. The number of nitrogens with zero attached hydrogens (tertiary/aromatic N) is 4. The molecule has 6 nitrogen and oxygen atoms in total. The van der Waals surface area contributed by atoms with Crippen LogP contribution in [0, 0.1) is 11.7 Å². The van der Waals surface area contributed by atoms with Gasteiger partial charge in [-0.3, -0.25) is 4.57 Å². The summed E-state index contributed by atoms with van der Waals surface area (Å²) in [5.74, 6) is 0.920.